The maximum absolute atomic E-state index is 12.4. The molecule has 1 aliphatic carbocycles. The van der Waals surface area contributed by atoms with Crippen LogP contribution in [-0.4, -0.2) is 45.7 Å². The number of thioether (sulfide) groups is 1. The number of benzene rings is 2. The number of hydrogen-bond donors (Lipinski definition) is 2. The molecule has 32 heavy (non-hydrogen) atoms. The van der Waals surface area contributed by atoms with Crippen LogP contribution in [0.1, 0.15) is 24.6 Å². The number of carbonyl (C=O) groups excluding carboxylic acids is 2. The number of ether oxygens (including phenoxy) is 2. The van der Waals surface area contributed by atoms with Gasteiger partial charge in [-0.05, 0) is 37.1 Å². The van der Waals surface area contributed by atoms with Gasteiger partial charge in [-0.1, -0.05) is 30.0 Å². The maximum Gasteiger partial charge on any atom is 0.325 e. The van der Waals surface area contributed by atoms with E-state index in [1.165, 1.54) is 11.8 Å². The van der Waals surface area contributed by atoms with E-state index in [9.17, 15) is 9.59 Å². The molecule has 10 heteroatoms. The predicted octanol–water partition coefficient (Wildman–Crippen LogP) is 3.36. The molecule has 0 spiro atoms. The summed E-state index contributed by atoms with van der Waals surface area (Å²) in [5, 5.41) is 14.2. The lowest BCUT2D eigenvalue weighted by Gasteiger charge is -2.19. The molecule has 5 rings (SSSR count). The Labute approximate surface area is 188 Å². The van der Waals surface area contributed by atoms with Gasteiger partial charge in [-0.2, -0.15) is 0 Å². The van der Waals surface area contributed by atoms with Crippen LogP contribution in [0.15, 0.2) is 53.7 Å². The summed E-state index contributed by atoms with van der Waals surface area (Å²) in [7, 11) is 0. The first-order valence-electron chi connectivity index (χ1n) is 10.3. The molecule has 0 radical (unpaired) electrons. The van der Waals surface area contributed by atoms with Gasteiger partial charge in [0.1, 0.15) is 19.0 Å². The fourth-order valence-electron chi connectivity index (χ4n) is 3.38. The molecule has 9 nitrogen and oxygen atoms in total. The third-order valence-corrected chi connectivity index (χ3v) is 5.93. The lowest BCUT2D eigenvalue weighted by Crippen LogP contribution is -2.35. The highest BCUT2D eigenvalue weighted by atomic mass is 32.2. The molecule has 2 heterocycles. The Kier molecular flexibility index (Phi) is 5.68. The van der Waals surface area contributed by atoms with E-state index in [1.807, 2.05) is 34.9 Å². The lowest BCUT2D eigenvalue weighted by molar-refractivity contribution is -0.117. The van der Waals surface area contributed by atoms with Crippen molar-refractivity contribution in [2.24, 2.45) is 0 Å². The van der Waals surface area contributed by atoms with Gasteiger partial charge in [0.05, 0.1) is 5.75 Å². The van der Waals surface area contributed by atoms with Crippen molar-refractivity contribution < 1.29 is 19.1 Å². The van der Waals surface area contributed by atoms with Crippen LogP contribution >= 0.6 is 11.8 Å². The van der Waals surface area contributed by atoms with Gasteiger partial charge in [-0.3, -0.25) is 14.7 Å². The maximum atomic E-state index is 12.4. The summed E-state index contributed by atoms with van der Waals surface area (Å²) in [4.78, 5) is 24.6. The average molecular weight is 452 g/mol. The van der Waals surface area contributed by atoms with Gasteiger partial charge in [0, 0.05) is 23.4 Å². The first-order valence-corrected chi connectivity index (χ1v) is 11.3. The number of aromatic nitrogens is 3. The molecule has 0 atom stereocenters. The molecule has 1 aromatic heterocycles. The summed E-state index contributed by atoms with van der Waals surface area (Å²) in [5.74, 6) is 2.11. The van der Waals surface area contributed by atoms with Crippen LogP contribution in [0.5, 0.6) is 11.5 Å². The Morgan fingerprint density at radius 2 is 1.81 bits per heavy atom. The van der Waals surface area contributed by atoms with E-state index in [1.54, 1.807) is 18.2 Å². The summed E-state index contributed by atoms with van der Waals surface area (Å²) in [6.45, 7) is 0.945. The SMILES string of the molecule is O=C(CSc1nnc(C2CC2)n1-c1ccccc1)NC(=O)Nc1ccc2c(c1)OCCO2. The monoisotopic (exact) mass is 451 g/mol. The average Bonchev–Trinajstić information content (AvgIpc) is 3.57. The molecular weight excluding hydrogens is 430 g/mol. The molecule has 2 N–H and O–H groups in total. The van der Waals surface area contributed by atoms with Crippen molar-refractivity contribution in [3.63, 3.8) is 0 Å². The van der Waals surface area contributed by atoms with Gasteiger partial charge in [0.2, 0.25) is 5.91 Å². The summed E-state index contributed by atoms with van der Waals surface area (Å²) >= 11 is 1.24. The highest BCUT2D eigenvalue weighted by molar-refractivity contribution is 7.99. The number of urea groups is 1. The van der Waals surface area contributed by atoms with E-state index in [0.29, 0.717) is 41.5 Å². The minimum atomic E-state index is -0.615. The molecule has 164 valence electrons. The van der Waals surface area contributed by atoms with Crippen LogP contribution in [-0.2, 0) is 4.79 Å². The second-order valence-electron chi connectivity index (χ2n) is 7.44. The predicted molar refractivity (Wildman–Crippen MR) is 119 cm³/mol. The molecule has 0 unspecified atom stereocenters. The number of rotatable bonds is 6. The minimum absolute atomic E-state index is 0.0319. The van der Waals surface area contributed by atoms with E-state index >= 15 is 0 Å². The van der Waals surface area contributed by atoms with E-state index in [0.717, 1.165) is 24.4 Å². The summed E-state index contributed by atoms with van der Waals surface area (Å²) in [5.41, 5.74) is 1.46. The largest absolute Gasteiger partial charge is 0.486 e. The number of para-hydroxylation sites is 1. The van der Waals surface area contributed by atoms with E-state index < -0.39 is 11.9 Å². The summed E-state index contributed by atoms with van der Waals surface area (Å²) < 4.78 is 13.0. The normalized spacial score (nSPS) is 14.6. The van der Waals surface area contributed by atoms with Crippen LogP contribution in [0.4, 0.5) is 10.5 Å². The second-order valence-corrected chi connectivity index (χ2v) is 8.38. The van der Waals surface area contributed by atoms with E-state index in [2.05, 4.69) is 20.8 Å². The highest BCUT2D eigenvalue weighted by Gasteiger charge is 2.31. The lowest BCUT2D eigenvalue weighted by atomic mass is 10.2. The van der Waals surface area contributed by atoms with Crippen molar-refractivity contribution >= 4 is 29.4 Å². The number of amides is 3. The highest BCUT2D eigenvalue weighted by Crippen LogP contribution is 2.41. The van der Waals surface area contributed by atoms with Crippen molar-refractivity contribution in [2.75, 3.05) is 24.3 Å². The van der Waals surface area contributed by atoms with Gasteiger partial charge in [-0.15, -0.1) is 10.2 Å². The van der Waals surface area contributed by atoms with Crippen LogP contribution in [0, 0.1) is 0 Å². The molecule has 0 saturated heterocycles. The number of carbonyl (C=O) groups is 2. The molecule has 1 aliphatic heterocycles. The Morgan fingerprint density at radius 3 is 2.59 bits per heavy atom. The minimum Gasteiger partial charge on any atom is -0.486 e. The number of fused-ring (bicyclic) bond motifs is 1. The van der Waals surface area contributed by atoms with Crippen LogP contribution in [0.2, 0.25) is 0 Å². The molecule has 3 amide bonds. The smallest absolute Gasteiger partial charge is 0.325 e. The van der Waals surface area contributed by atoms with Crippen LogP contribution in [0.25, 0.3) is 5.69 Å². The van der Waals surface area contributed by atoms with Crippen molar-refractivity contribution in [3.8, 4) is 17.2 Å². The van der Waals surface area contributed by atoms with Gasteiger partial charge in [-0.25, -0.2) is 4.79 Å². The van der Waals surface area contributed by atoms with Gasteiger partial charge < -0.3 is 14.8 Å². The van der Waals surface area contributed by atoms with Gasteiger partial charge in [0.25, 0.3) is 0 Å². The first kappa shape index (κ1) is 20.4. The number of hydrogen-bond acceptors (Lipinski definition) is 7. The third kappa shape index (κ3) is 4.54. The first-order chi connectivity index (χ1) is 15.7. The molecule has 3 aromatic rings. The fraction of sp³-hybridized carbons (Fsp3) is 0.273. The zero-order valence-corrected chi connectivity index (χ0v) is 17.9. The van der Waals surface area contributed by atoms with Crippen molar-refractivity contribution in [1.29, 1.82) is 0 Å². The number of nitrogens with zero attached hydrogens (tertiary/aromatic N) is 3. The molecule has 1 fully saturated rings. The second kappa shape index (κ2) is 8.91. The van der Waals surface area contributed by atoms with E-state index in [-0.39, 0.29) is 5.75 Å². The number of nitrogens with one attached hydrogen (secondary N) is 2. The van der Waals surface area contributed by atoms with Gasteiger partial charge >= 0.3 is 6.03 Å². The molecule has 2 aromatic carbocycles. The van der Waals surface area contributed by atoms with Crippen LogP contribution < -0.4 is 20.1 Å². The van der Waals surface area contributed by atoms with Crippen molar-refractivity contribution in [3.05, 3.63) is 54.4 Å². The van der Waals surface area contributed by atoms with Gasteiger partial charge in [0.15, 0.2) is 16.7 Å². The quantitative estimate of drug-likeness (QED) is 0.554. The molecular formula is C22H21N5O4S. The van der Waals surface area contributed by atoms with E-state index in [4.69, 9.17) is 9.47 Å². The molecule has 1 saturated carbocycles. The standard InChI is InChI=1S/C22H21N5O4S/c28-19(24-21(29)23-15-8-9-17-18(12-15)31-11-10-30-17)13-32-22-26-25-20(14-6-7-14)27(22)16-4-2-1-3-5-16/h1-5,8-9,12,14H,6-7,10-11,13H2,(H2,23,24,28,29). The zero-order chi connectivity index (χ0) is 21.9. The zero-order valence-electron chi connectivity index (χ0n) is 17.1. The topological polar surface area (TPSA) is 107 Å². The Hall–Kier alpha value is -3.53. The Balaban J connectivity index is 1.20. The summed E-state index contributed by atoms with van der Waals surface area (Å²) in [6, 6.07) is 14.3. The fourth-order valence-corrected chi connectivity index (χ4v) is 4.14. The molecule has 2 aliphatic rings. The third-order valence-electron chi connectivity index (χ3n) is 5.00. The van der Waals surface area contributed by atoms with Crippen molar-refractivity contribution in [2.45, 2.75) is 23.9 Å². The van der Waals surface area contributed by atoms with Crippen LogP contribution in [0.3, 0.4) is 0 Å². The Bertz CT molecular complexity index is 1150. The van der Waals surface area contributed by atoms with Crippen molar-refractivity contribution in [1.82, 2.24) is 20.1 Å². The number of anilines is 1. The Morgan fingerprint density at radius 1 is 1.03 bits per heavy atom. The summed E-state index contributed by atoms with van der Waals surface area (Å²) in [6.07, 6.45) is 2.19. The molecule has 0 bridgehead atoms. The number of imide groups is 1.